The number of benzene rings is 1. The van der Waals surface area contributed by atoms with Crippen molar-refractivity contribution >= 4 is 55.5 Å². The van der Waals surface area contributed by atoms with Gasteiger partial charge in [-0.1, -0.05) is 5.16 Å². The van der Waals surface area contributed by atoms with Crippen molar-refractivity contribution < 1.29 is 4.52 Å². The molecule has 2 aromatic heterocycles. The number of anilines is 1. The molecule has 0 aliphatic carbocycles. The third kappa shape index (κ3) is 2.67. The third-order valence-electron chi connectivity index (χ3n) is 2.47. The van der Waals surface area contributed by atoms with Crippen molar-refractivity contribution in [2.45, 2.75) is 0 Å². The average Bonchev–Trinajstić information content (AvgIpc) is 3.00. The van der Waals surface area contributed by atoms with Gasteiger partial charge < -0.3 is 10.3 Å². The lowest BCUT2D eigenvalue weighted by atomic mass is 10.2. The molecule has 0 amide bonds. The monoisotopic (exact) mass is 447 g/mol. The Balaban J connectivity index is 2.03. The van der Waals surface area contributed by atoms with Crippen LogP contribution in [0.25, 0.3) is 22.2 Å². The SMILES string of the molecule is Nc1ccc(I)cc1-c1nc(-c2ccc(Br)s2)no1. The zero-order valence-corrected chi connectivity index (χ0v) is 14.0. The van der Waals surface area contributed by atoms with Gasteiger partial charge in [0.2, 0.25) is 5.82 Å². The van der Waals surface area contributed by atoms with Crippen molar-refractivity contribution in [2.24, 2.45) is 0 Å². The molecule has 2 N–H and O–H groups in total. The van der Waals surface area contributed by atoms with E-state index in [1.807, 2.05) is 30.3 Å². The van der Waals surface area contributed by atoms with Gasteiger partial charge in [-0.05, 0) is 68.9 Å². The summed E-state index contributed by atoms with van der Waals surface area (Å²) in [5, 5.41) is 3.99. The van der Waals surface area contributed by atoms with Crippen LogP contribution in [0.1, 0.15) is 0 Å². The second-order valence-corrected chi connectivity index (χ2v) is 7.47. The summed E-state index contributed by atoms with van der Waals surface area (Å²) >= 11 is 7.19. The molecule has 3 rings (SSSR count). The molecule has 0 spiro atoms. The molecule has 0 atom stereocenters. The molecule has 0 unspecified atom stereocenters. The highest BCUT2D eigenvalue weighted by atomic mass is 127. The van der Waals surface area contributed by atoms with Crippen LogP contribution in [0.3, 0.4) is 0 Å². The summed E-state index contributed by atoms with van der Waals surface area (Å²) in [5.41, 5.74) is 7.33. The molecule has 0 saturated carbocycles. The van der Waals surface area contributed by atoms with E-state index in [0.717, 1.165) is 17.8 Å². The van der Waals surface area contributed by atoms with Gasteiger partial charge in [0, 0.05) is 9.26 Å². The number of hydrogen-bond donors (Lipinski definition) is 1. The summed E-state index contributed by atoms with van der Waals surface area (Å²) < 4.78 is 7.40. The molecule has 96 valence electrons. The molecular formula is C12H7BrIN3OS. The quantitative estimate of drug-likeness (QED) is 0.466. The largest absolute Gasteiger partial charge is 0.398 e. The predicted molar refractivity (Wildman–Crippen MR) is 87.9 cm³/mol. The zero-order chi connectivity index (χ0) is 13.4. The molecule has 1 aromatic carbocycles. The van der Waals surface area contributed by atoms with Crippen molar-refractivity contribution in [3.05, 3.63) is 37.7 Å². The van der Waals surface area contributed by atoms with Crippen LogP contribution in [0.15, 0.2) is 38.6 Å². The number of nitrogen functional groups attached to an aromatic ring is 1. The predicted octanol–water partition coefficient (Wildman–Crippen LogP) is 4.41. The summed E-state index contributed by atoms with van der Waals surface area (Å²) in [6.45, 7) is 0. The first kappa shape index (κ1) is 13.1. The van der Waals surface area contributed by atoms with Crippen molar-refractivity contribution in [1.82, 2.24) is 10.1 Å². The number of nitrogens with two attached hydrogens (primary N) is 1. The average molecular weight is 448 g/mol. The lowest BCUT2D eigenvalue weighted by Gasteiger charge is -2.00. The van der Waals surface area contributed by atoms with Crippen LogP contribution >= 0.6 is 49.9 Å². The highest BCUT2D eigenvalue weighted by Crippen LogP contribution is 2.32. The van der Waals surface area contributed by atoms with Crippen LogP contribution in [0.4, 0.5) is 5.69 Å². The van der Waals surface area contributed by atoms with Crippen LogP contribution in [-0.2, 0) is 0 Å². The first-order valence-corrected chi connectivity index (χ1v) is 7.97. The molecule has 4 nitrogen and oxygen atoms in total. The van der Waals surface area contributed by atoms with Crippen molar-refractivity contribution in [1.29, 1.82) is 0 Å². The molecule has 7 heteroatoms. The second-order valence-electron chi connectivity index (χ2n) is 3.76. The Labute approximate surface area is 135 Å². The second kappa shape index (κ2) is 5.22. The molecule has 0 saturated heterocycles. The van der Waals surface area contributed by atoms with E-state index in [1.165, 1.54) is 0 Å². The fraction of sp³-hybridized carbons (Fsp3) is 0. The Kier molecular flexibility index (Phi) is 3.59. The van der Waals surface area contributed by atoms with Gasteiger partial charge in [-0.25, -0.2) is 0 Å². The van der Waals surface area contributed by atoms with Crippen LogP contribution in [0.2, 0.25) is 0 Å². The highest BCUT2D eigenvalue weighted by molar-refractivity contribution is 14.1. The van der Waals surface area contributed by atoms with Crippen LogP contribution in [0, 0.1) is 3.57 Å². The number of aromatic nitrogens is 2. The molecule has 3 aromatic rings. The number of rotatable bonds is 2. The maximum Gasteiger partial charge on any atom is 0.260 e. The minimum atomic E-state index is 0.440. The summed E-state index contributed by atoms with van der Waals surface area (Å²) in [7, 11) is 0. The Morgan fingerprint density at radius 1 is 1.26 bits per heavy atom. The van der Waals surface area contributed by atoms with Gasteiger partial charge in [-0.2, -0.15) is 4.98 Å². The van der Waals surface area contributed by atoms with E-state index >= 15 is 0 Å². The van der Waals surface area contributed by atoms with Crippen molar-refractivity contribution in [3.8, 4) is 22.2 Å². The van der Waals surface area contributed by atoms with E-state index in [2.05, 4.69) is 48.7 Å². The fourth-order valence-electron chi connectivity index (χ4n) is 1.58. The molecule has 0 radical (unpaired) electrons. The summed E-state index contributed by atoms with van der Waals surface area (Å²) in [5.74, 6) is 1.01. The number of hydrogen-bond acceptors (Lipinski definition) is 5. The van der Waals surface area contributed by atoms with Crippen LogP contribution < -0.4 is 5.73 Å². The molecule has 2 heterocycles. The normalized spacial score (nSPS) is 10.8. The van der Waals surface area contributed by atoms with Crippen LogP contribution in [-0.4, -0.2) is 10.1 Å². The van der Waals surface area contributed by atoms with Gasteiger partial charge in [0.25, 0.3) is 5.89 Å². The topological polar surface area (TPSA) is 64.9 Å². The maximum atomic E-state index is 5.94. The molecule has 0 aliphatic heterocycles. The Hall–Kier alpha value is -0.930. The number of nitrogens with zero attached hydrogens (tertiary/aromatic N) is 2. The molecule has 0 bridgehead atoms. The Bertz CT molecular complexity index is 740. The minimum Gasteiger partial charge on any atom is -0.398 e. The number of thiophene rings is 1. The highest BCUT2D eigenvalue weighted by Gasteiger charge is 2.14. The van der Waals surface area contributed by atoms with Gasteiger partial charge in [-0.15, -0.1) is 11.3 Å². The summed E-state index contributed by atoms with van der Waals surface area (Å²) in [6.07, 6.45) is 0. The lowest BCUT2D eigenvalue weighted by molar-refractivity contribution is 0.432. The van der Waals surface area contributed by atoms with E-state index in [4.69, 9.17) is 10.3 Å². The van der Waals surface area contributed by atoms with Gasteiger partial charge in [0.15, 0.2) is 0 Å². The van der Waals surface area contributed by atoms with Gasteiger partial charge >= 0.3 is 0 Å². The van der Waals surface area contributed by atoms with E-state index in [0.29, 0.717) is 17.4 Å². The molecule has 0 aliphatic rings. The van der Waals surface area contributed by atoms with Crippen LogP contribution in [0.5, 0.6) is 0 Å². The first-order valence-electron chi connectivity index (χ1n) is 5.28. The molecule has 19 heavy (non-hydrogen) atoms. The van der Waals surface area contributed by atoms with Gasteiger partial charge in [0.1, 0.15) is 0 Å². The zero-order valence-electron chi connectivity index (χ0n) is 9.43. The minimum absolute atomic E-state index is 0.440. The third-order valence-corrected chi connectivity index (χ3v) is 4.76. The van der Waals surface area contributed by atoms with E-state index < -0.39 is 0 Å². The van der Waals surface area contributed by atoms with E-state index in [1.54, 1.807) is 11.3 Å². The first-order chi connectivity index (χ1) is 9.13. The Morgan fingerprint density at radius 3 is 2.84 bits per heavy atom. The fourth-order valence-corrected chi connectivity index (χ4v) is 3.38. The van der Waals surface area contributed by atoms with Crippen molar-refractivity contribution in [3.63, 3.8) is 0 Å². The molecule has 0 fully saturated rings. The maximum absolute atomic E-state index is 5.94. The Morgan fingerprint density at radius 2 is 2.11 bits per heavy atom. The van der Waals surface area contributed by atoms with Gasteiger partial charge in [-0.3, -0.25) is 0 Å². The standard InChI is InChI=1S/C12H7BrIN3OS/c13-10-4-3-9(19-10)11-16-12(18-17-11)7-5-6(14)1-2-8(7)15/h1-5H,15H2. The summed E-state index contributed by atoms with van der Waals surface area (Å²) in [6, 6.07) is 9.60. The van der Waals surface area contributed by atoms with E-state index in [-0.39, 0.29) is 0 Å². The van der Waals surface area contributed by atoms with E-state index in [9.17, 15) is 0 Å². The summed E-state index contributed by atoms with van der Waals surface area (Å²) in [4.78, 5) is 5.34. The number of halogens is 2. The molecular weight excluding hydrogens is 441 g/mol. The smallest absolute Gasteiger partial charge is 0.260 e. The van der Waals surface area contributed by atoms with Crippen molar-refractivity contribution in [2.75, 3.05) is 5.73 Å². The lowest BCUT2D eigenvalue weighted by Crippen LogP contribution is -1.90. The van der Waals surface area contributed by atoms with Gasteiger partial charge in [0.05, 0.1) is 14.2 Å².